The van der Waals surface area contributed by atoms with Crippen molar-refractivity contribution in [1.82, 2.24) is 20.4 Å². The predicted octanol–water partition coefficient (Wildman–Crippen LogP) is -0.615. The van der Waals surface area contributed by atoms with Gasteiger partial charge in [-0.15, -0.1) is 0 Å². The van der Waals surface area contributed by atoms with E-state index in [1.54, 1.807) is 17.0 Å². The number of nitrogens with one attached hydrogen (secondary N) is 2. The SMILES string of the molecule is NC(=NCc1ccc(C(=O)N2CCNC(=O)C2)cc1)NCCCN1CCOCC1. The van der Waals surface area contributed by atoms with Gasteiger partial charge >= 0.3 is 0 Å². The first kappa shape index (κ1) is 21.1. The summed E-state index contributed by atoms with van der Waals surface area (Å²) in [6.45, 7) is 7.01. The molecule has 0 radical (unpaired) electrons. The van der Waals surface area contributed by atoms with E-state index in [1.165, 1.54) is 0 Å². The minimum Gasteiger partial charge on any atom is -0.379 e. The predicted molar refractivity (Wildman–Crippen MR) is 111 cm³/mol. The summed E-state index contributed by atoms with van der Waals surface area (Å²) in [4.78, 5) is 32.2. The van der Waals surface area contributed by atoms with Gasteiger partial charge in [0, 0.05) is 38.3 Å². The number of amides is 2. The van der Waals surface area contributed by atoms with Crippen molar-refractivity contribution in [2.45, 2.75) is 13.0 Å². The van der Waals surface area contributed by atoms with E-state index < -0.39 is 0 Å². The zero-order valence-electron chi connectivity index (χ0n) is 16.7. The Hall–Kier alpha value is -2.65. The maximum atomic E-state index is 12.5. The summed E-state index contributed by atoms with van der Waals surface area (Å²) in [5.74, 6) is 0.172. The van der Waals surface area contributed by atoms with Crippen LogP contribution in [-0.2, 0) is 16.1 Å². The van der Waals surface area contributed by atoms with E-state index in [1.807, 2.05) is 12.1 Å². The van der Waals surface area contributed by atoms with Gasteiger partial charge in [-0.05, 0) is 30.7 Å². The van der Waals surface area contributed by atoms with Gasteiger partial charge in [0.05, 0.1) is 26.3 Å². The molecule has 0 atom stereocenters. The number of hydrogen-bond donors (Lipinski definition) is 3. The summed E-state index contributed by atoms with van der Waals surface area (Å²) < 4.78 is 5.34. The number of nitrogens with zero attached hydrogens (tertiary/aromatic N) is 3. The number of rotatable bonds is 7. The molecule has 2 heterocycles. The highest BCUT2D eigenvalue weighted by Crippen LogP contribution is 2.10. The molecule has 2 aliphatic rings. The van der Waals surface area contributed by atoms with Crippen molar-refractivity contribution in [3.05, 3.63) is 35.4 Å². The highest BCUT2D eigenvalue weighted by molar-refractivity contribution is 5.97. The molecule has 0 aromatic heterocycles. The van der Waals surface area contributed by atoms with Crippen LogP contribution in [0, 0.1) is 0 Å². The number of nitrogens with two attached hydrogens (primary N) is 1. The lowest BCUT2D eigenvalue weighted by atomic mass is 10.1. The second-order valence-corrected chi connectivity index (χ2v) is 7.21. The van der Waals surface area contributed by atoms with Gasteiger partial charge in [0.15, 0.2) is 5.96 Å². The van der Waals surface area contributed by atoms with Crippen LogP contribution in [0.5, 0.6) is 0 Å². The number of carbonyl (C=O) groups is 2. The molecule has 2 saturated heterocycles. The Morgan fingerprint density at radius 2 is 1.97 bits per heavy atom. The van der Waals surface area contributed by atoms with Gasteiger partial charge < -0.3 is 26.0 Å². The Bertz CT molecular complexity index is 715. The molecule has 0 saturated carbocycles. The molecule has 2 fully saturated rings. The normalized spacial score (nSPS) is 18.4. The van der Waals surface area contributed by atoms with Gasteiger partial charge in [0.2, 0.25) is 5.91 Å². The lowest BCUT2D eigenvalue weighted by Gasteiger charge is -2.26. The quantitative estimate of drug-likeness (QED) is 0.319. The third-order valence-electron chi connectivity index (χ3n) is 5.02. The van der Waals surface area contributed by atoms with Crippen molar-refractivity contribution in [3.8, 4) is 0 Å². The fraction of sp³-hybridized carbons (Fsp3) is 0.550. The van der Waals surface area contributed by atoms with Crippen molar-refractivity contribution in [3.63, 3.8) is 0 Å². The molecule has 4 N–H and O–H groups in total. The second kappa shape index (κ2) is 10.8. The van der Waals surface area contributed by atoms with Gasteiger partial charge in [-0.2, -0.15) is 0 Å². The lowest BCUT2D eigenvalue weighted by molar-refractivity contribution is -0.123. The number of morpholine rings is 1. The number of aliphatic imine (C=N–C) groups is 1. The number of carbonyl (C=O) groups excluding carboxylic acids is 2. The van der Waals surface area contributed by atoms with Gasteiger partial charge in [0.1, 0.15) is 0 Å². The van der Waals surface area contributed by atoms with Crippen LogP contribution in [0.4, 0.5) is 0 Å². The third-order valence-corrected chi connectivity index (χ3v) is 5.02. The number of piperazine rings is 1. The molecule has 0 bridgehead atoms. The second-order valence-electron chi connectivity index (χ2n) is 7.21. The maximum absolute atomic E-state index is 12.5. The van der Waals surface area contributed by atoms with Gasteiger partial charge in [-0.1, -0.05) is 12.1 Å². The van der Waals surface area contributed by atoms with E-state index in [0.717, 1.165) is 51.4 Å². The van der Waals surface area contributed by atoms with Crippen molar-refractivity contribution >= 4 is 17.8 Å². The van der Waals surface area contributed by atoms with Crippen LogP contribution in [0.25, 0.3) is 0 Å². The Balaban J connectivity index is 1.39. The first-order valence-corrected chi connectivity index (χ1v) is 10.1. The van der Waals surface area contributed by atoms with Crippen LogP contribution in [0.1, 0.15) is 22.3 Å². The summed E-state index contributed by atoms with van der Waals surface area (Å²) >= 11 is 0. The molecule has 1 aromatic rings. The van der Waals surface area contributed by atoms with E-state index in [0.29, 0.717) is 31.2 Å². The number of ether oxygens (including phenoxy) is 1. The average molecular weight is 402 g/mol. The van der Waals surface area contributed by atoms with Crippen LogP contribution in [0.3, 0.4) is 0 Å². The Kier molecular flexibility index (Phi) is 7.83. The molecule has 29 heavy (non-hydrogen) atoms. The maximum Gasteiger partial charge on any atom is 0.254 e. The fourth-order valence-electron chi connectivity index (χ4n) is 3.32. The monoisotopic (exact) mass is 402 g/mol. The topological polar surface area (TPSA) is 112 Å². The number of guanidine groups is 1. The zero-order chi connectivity index (χ0) is 20.5. The van der Waals surface area contributed by atoms with Crippen LogP contribution < -0.4 is 16.4 Å². The molecule has 2 aliphatic heterocycles. The molecule has 2 amide bonds. The smallest absolute Gasteiger partial charge is 0.254 e. The van der Waals surface area contributed by atoms with Gasteiger partial charge in [0.25, 0.3) is 5.91 Å². The highest BCUT2D eigenvalue weighted by atomic mass is 16.5. The van der Waals surface area contributed by atoms with Crippen LogP contribution in [0.15, 0.2) is 29.3 Å². The standard InChI is InChI=1S/C20H30N6O3/c21-20(23-6-1-8-25-10-12-29-13-11-25)24-14-16-2-4-17(5-3-16)19(28)26-9-7-22-18(27)15-26/h2-5H,1,6-15H2,(H,22,27)(H3,21,23,24). The van der Waals surface area contributed by atoms with E-state index >= 15 is 0 Å². The minimum atomic E-state index is -0.128. The van der Waals surface area contributed by atoms with Crippen LogP contribution in [0.2, 0.25) is 0 Å². The molecule has 9 nitrogen and oxygen atoms in total. The van der Waals surface area contributed by atoms with Gasteiger partial charge in [-0.25, -0.2) is 4.99 Å². The molecular formula is C20H30N6O3. The highest BCUT2D eigenvalue weighted by Gasteiger charge is 2.22. The summed E-state index contributed by atoms with van der Waals surface area (Å²) in [5, 5.41) is 5.86. The van der Waals surface area contributed by atoms with Gasteiger partial charge in [-0.3, -0.25) is 14.5 Å². The van der Waals surface area contributed by atoms with Crippen molar-refractivity contribution in [1.29, 1.82) is 0 Å². The van der Waals surface area contributed by atoms with Crippen LogP contribution in [-0.4, -0.2) is 86.6 Å². The molecule has 1 aromatic carbocycles. The van der Waals surface area contributed by atoms with E-state index in [-0.39, 0.29) is 18.4 Å². The molecule has 0 aliphatic carbocycles. The zero-order valence-corrected chi connectivity index (χ0v) is 16.7. The molecule has 3 rings (SSSR count). The Labute approximate surface area is 171 Å². The minimum absolute atomic E-state index is 0.110. The molecular weight excluding hydrogens is 372 g/mol. The summed E-state index contributed by atoms with van der Waals surface area (Å²) in [6.07, 6.45) is 1.00. The van der Waals surface area contributed by atoms with E-state index in [4.69, 9.17) is 10.5 Å². The Morgan fingerprint density at radius 1 is 1.21 bits per heavy atom. The molecule has 0 spiro atoms. The summed E-state index contributed by atoms with van der Waals surface area (Å²) in [6, 6.07) is 7.27. The van der Waals surface area contributed by atoms with Crippen LogP contribution >= 0.6 is 0 Å². The van der Waals surface area contributed by atoms with E-state index in [2.05, 4.69) is 20.5 Å². The van der Waals surface area contributed by atoms with Crippen molar-refractivity contribution in [2.75, 3.05) is 59.0 Å². The number of benzene rings is 1. The first-order valence-electron chi connectivity index (χ1n) is 10.1. The van der Waals surface area contributed by atoms with Crippen molar-refractivity contribution < 1.29 is 14.3 Å². The molecule has 0 unspecified atom stereocenters. The average Bonchev–Trinajstić information content (AvgIpc) is 2.76. The van der Waals surface area contributed by atoms with Crippen molar-refractivity contribution in [2.24, 2.45) is 10.7 Å². The number of hydrogen-bond acceptors (Lipinski definition) is 5. The Morgan fingerprint density at radius 3 is 2.69 bits per heavy atom. The third kappa shape index (κ3) is 6.72. The first-order chi connectivity index (χ1) is 14.1. The molecule has 9 heteroatoms. The lowest BCUT2D eigenvalue weighted by Crippen LogP contribution is -2.49. The summed E-state index contributed by atoms with van der Waals surface area (Å²) in [5.41, 5.74) is 7.48. The van der Waals surface area contributed by atoms with E-state index in [9.17, 15) is 9.59 Å². The molecule has 158 valence electrons. The summed E-state index contributed by atoms with van der Waals surface area (Å²) in [7, 11) is 0. The fourth-order valence-corrected chi connectivity index (χ4v) is 3.32. The largest absolute Gasteiger partial charge is 0.379 e.